The van der Waals surface area contributed by atoms with Crippen LogP contribution in [0, 0.1) is 0 Å². The highest BCUT2D eigenvalue weighted by Gasteiger charge is 2.31. The van der Waals surface area contributed by atoms with E-state index in [9.17, 15) is 18.0 Å². The number of nitrogens with zero attached hydrogens (tertiary/aromatic N) is 3. The number of carbonyl (C=O) groups excluding carboxylic acids is 1. The van der Waals surface area contributed by atoms with Crippen LogP contribution in [-0.2, 0) is 0 Å². The Hall–Kier alpha value is -3.82. The Labute approximate surface area is 188 Å². The third-order valence-corrected chi connectivity index (χ3v) is 4.13. The van der Waals surface area contributed by atoms with Gasteiger partial charge < -0.3 is 14.8 Å². The van der Waals surface area contributed by atoms with E-state index in [1.54, 1.807) is 24.3 Å². The van der Waals surface area contributed by atoms with E-state index in [1.165, 1.54) is 35.3 Å². The van der Waals surface area contributed by atoms with Gasteiger partial charge in [0.1, 0.15) is 17.8 Å². The lowest BCUT2D eigenvalue weighted by atomic mass is 10.1. The molecule has 0 saturated heterocycles. The molecule has 0 aliphatic carbocycles. The summed E-state index contributed by atoms with van der Waals surface area (Å²) in [6.07, 6.45) is -1.95. The molecule has 174 valence electrons. The maximum Gasteiger partial charge on any atom is 0.573 e. The first-order valence-corrected chi connectivity index (χ1v) is 9.94. The number of nitrogens with one attached hydrogen (secondary N) is 1. The van der Waals surface area contributed by atoms with E-state index in [4.69, 9.17) is 4.74 Å². The zero-order valence-electron chi connectivity index (χ0n) is 18.5. The standard InChI is InChI=1S/C23H23F3N4O3/c1-15(13-16-5-9-18(10-6-16)32-21(31)28-22(2,3)4)20-27-14-30(29-20)17-7-11-19(12-8-17)33-23(24,25)26/h5-14H,1-4H3,(H,28,31)/b15-13+. The highest BCUT2D eigenvalue weighted by molar-refractivity contribution is 5.77. The second-order valence-electron chi connectivity index (χ2n) is 8.22. The fraction of sp³-hybridized carbons (Fsp3) is 0.261. The summed E-state index contributed by atoms with van der Waals surface area (Å²) >= 11 is 0. The van der Waals surface area contributed by atoms with Crippen LogP contribution < -0.4 is 14.8 Å². The Kier molecular flexibility index (Phi) is 6.75. The summed E-state index contributed by atoms with van der Waals surface area (Å²) < 4.78 is 47.4. The lowest BCUT2D eigenvalue weighted by Gasteiger charge is -2.19. The van der Waals surface area contributed by atoms with Crippen LogP contribution in [0.5, 0.6) is 11.5 Å². The van der Waals surface area contributed by atoms with Crippen molar-refractivity contribution in [3.63, 3.8) is 0 Å². The van der Waals surface area contributed by atoms with Gasteiger partial charge in [-0.25, -0.2) is 14.5 Å². The van der Waals surface area contributed by atoms with E-state index < -0.39 is 18.0 Å². The van der Waals surface area contributed by atoms with Gasteiger partial charge in [-0.3, -0.25) is 0 Å². The molecular formula is C23H23F3N4O3. The maximum atomic E-state index is 12.3. The van der Waals surface area contributed by atoms with Gasteiger partial charge in [0, 0.05) is 5.54 Å². The SMILES string of the molecule is C/C(=C\c1ccc(OC(=O)NC(C)(C)C)cc1)c1ncn(-c2ccc(OC(F)(F)F)cc2)n1. The zero-order chi connectivity index (χ0) is 24.2. The molecule has 0 fully saturated rings. The number of halogens is 3. The zero-order valence-corrected chi connectivity index (χ0v) is 18.5. The number of ether oxygens (including phenoxy) is 2. The Morgan fingerprint density at radius 1 is 1.00 bits per heavy atom. The number of aromatic nitrogens is 3. The number of amides is 1. The molecule has 0 unspecified atom stereocenters. The molecule has 1 aromatic heterocycles. The van der Waals surface area contributed by atoms with Gasteiger partial charge in [-0.1, -0.05) is 12.1 Å². The van der Waals surface area contributed by atoms with Crippen LogP contribution >= 0.6 is 0 Å². The van der Waals surface area contributed by atoms with Gasteiger partial charge in [-0.05, 0) is 81.3 Å². The summed E-state index contributed by atoms with van der Waals surface area (Å²) in [5.41, 5.74) is 1.75. The molecule has 33 heavy (non-hydrogen) atoms. The van der Waals surface area contributed by atoms with Crippen molar-refractivity contribution in [3.8, 4) is 17.2 Å². The van der Waals surface area contributed by atoms with Crippen molar-refractivity contribution >= 4 is 17.7 Å². The van der Waals surface area contributed by atoms with E-state index >= 15 is 0 Å². The first-order chi connectivity index (χ1) is 15.4. The van der Waals surface area contributed by atoms with Crippen molar-refractivity contribution < 1.29 is 27.4 Å². The minimum Gasteiger partial charge on any atom is -0.410 e. The number of carbonyl (C=O) groups is 1. The number of benzene rings is 2. The third-order valence-electron chi connectivity index (χ3n) is 4.13. The number of alkyl halides is 3. The van der Waals surface area contributed by atoms with Crippen LogP contribution in [0.25, 0.3) is 17.3 Å². The highest BCUT2D eigenvalue weighted by atomic mass is 19.4. The minimum absolute atomic E-state index is 0.314. The Bertz CT molecular complexity index is 1130. The van der Waals surface area contributed by atoms with E-state index in [0.717, 1.165) is 11.1 Å². The highest BCUT2D eigenvalue weighted by Crippen LogP contribution is 2.24. The summed E-state index contributed by atoms with van der Waals surface area (Å²) in [4.78, 5) is 16.1. The maximum absolute atomic E-state index is 12.3. The molecule has 0 radical (unpaired) electrons. The minimum atomic E-state index is -4.74. The number of rotatable bonds is 5. The molecule has 7 nitrogen and oxygen atoms in total. The summed E-state index contributed by atoms with van der Waals surface area (Å²) in [6.45, 7) is 7.41. The van der Waals surface area contributed by atoms with Gasteiger partial charge in [0.25, 0.3) is 0 Å². The predicted octanol–water partition coefficient (Wildman–Crippen LogP) is 5.61. The first-order valence-electron chi connectivity index (χ1n) is 9.94. The van der Waals surface area contributed by atoms with Gasteiger partial charge in [0.2, 0.25) is 0 Å². The van der Waals surface area contributed by atoms with Crippen molar-refractivity contribution in [2.24, 2.45) is 0 Å². The lowest BCUT2D eigenvalue weighted by molar-refractivity contribution is -0.274. The first kappa shape index (κ1) is 23.8. The van der Waals surface area contributed by atoms with Crippen LogP contribution in [0.1, 0.15) is 39.1 Å². The second kappa shape index (κ2) is 9.35. The molecule has 3 rings (SSSR count). The summed E-state index contributed by atoms with van der Waals surface area (Å²) in [5.74, 6) is 0.549. The van der Waals surface area contributed by atoms with Crippen molar-refractivity contribution in [2.45, 2.75) is 39.6 Å². The molecule has 2 aromatic carbocycles. The molecule has 0 aliphatic heterocycles. The molecule has 0 saturated carbocycles. The lowest BCUT2D eigenvalue weighted by Crippen LogP contribution is -2.42. The number of hydrogen-bond acceptors (Lipinski definition) is 5. The van der Waals surface area contributed by atoms with Crippen molar-refractivity contribution in [1.29, 1.82) is 0 Å². The smallest absolute Gasteiger partial charge is 0.410 e. The number of hydrogen-bond donors (Lipinski definition) is 1. The topological polar surface area (TPSA) is 78.3 Å². The van der Waals surface area contributed by atoms with Crippen LogP contribution in [0.3, 0.4) is 0 Å². The molecule has 1 heterocycles. The normalized spacial score (nSPS) is 12.4. The van der Waals surface area contributed by atoms with Crippen molar-refractivity contribution in [1.82, 2.24) is 20.1 Å². The Morgan fingerprint density at radius 3 is 2.18 bits per heavy atom. The molecule has 0 aliphatic rings. The van der Waals surface area contributed by atoms with Crippen LogP contribution in [0.15, 0.2) is 54.9 Å². The average Bonchev–Trinajstić information content (AvgIpc) is 3.18. The summed E-state index contributed by atoms with van der Waals surface area (Å²) in [6, 6.07) is 12.3. The fourth-order valence-corrected chi connectivity index (χ4v) is 2.75. The van der Waals surface area contributed by atoms with Gasteiger partial charge in [0.05, 0.1) is 5.69 Å². The van der Waals surface area contributed by atoms with Gasteiger partial charge in [-0.15, -0.1) is 18.3 Å². The van der Waals surface area contributed by atoms with Crippen LogP contribution in [-0.4, -0.2) is 32.8 Å². The van der Waals surface area contributed by atoms with Gasteiger partial charge >= 0.3 is 12.5 Å². The molecule has 3 aromatic rings. The van der Waals surface area contributed by atoms with E-state index in [-0.39, 0.29) is 5.75 Å². The number of allylic oxidation sites excluding steroid dienone is 1. The Morgan fingerprint density at radius 2 is 1.61 bits per heavy atom. The molecular weight excluding hydrogens is 437 g/mol. The van der Waals surface area contributed by atoms with E-state index in [1.807, 2.05) is 33.8 Å². The van der Waals surface area contributed by atoms with Crippen molar-refractivity contribution in [3.05, 3.63) is 66.2 Å². The average molecular weight is 460 g/mol. The largest absolute Gasteiger partial charge is 0.573 e. The molecule has 0 atom stereocenters. The summed E-state index contributed by atoms with van der Waals surface area (Å²) in [5, 5.41) is 7.08. The monoisotopic (exact) mass is 460 g/mol. The van der Waals surface area contributed by atoms with Gasteiger partial charge in [0.15, 0.2) is 5.82 Å². The quantitative estimate of drug-likeness (QED) is 0.535. The molecule has 0 spiro atoms. The van der Waals surface area contributed by atoms with E-state index in [2.05, 4.69) is 20.1 Å². The molecule has 10 heteroatoms. The fourth-order valence-electron chi connectivity index (χ4n) is 2.75. The Balaban J connectivity index is 1.66. The third kappa shape index (κ3) is 7.37. The molecule has 0 bridgehead atoms. The molecule has 1 N–H and O–H groups in total. The van der Waals surface area contributed by atoms with Crippen LogP contribution in [0.4, 0.5) is 18.0 Å². The second-order valence-corrected chi connectivity index (χ2v) is 8.22. The summed E-state index contributed by atoms with van der Waals surface area (Å²) in [7, 11) is 0. The molecule has 1 amide bonds. The predicted molar refractivity (Wildman–Crippen MR) is 117 cm³/mol. The van der Waals surface area contributed by atoms with Crippen molar-refractivity contribution in [2.75, 3.05) is 0 Å². The van der Waals surface area contributed by atoms with Gasteiger partial charge in [-0.2, -0.15) is 0 Å². The van der Waals surface area contributed by atoms with E-state index in [0.29, 0.717) is 17.3 Å². The van der Waals surface area contributed by atoms with Crippen LogP contribution in [0.2, 0.25) is 0 Å².